The van der Waals surface area contributed by atoms with Crippen LogP contribution in [0.3, 0.4) is 0 Å². The van der Waals surface area contributed by atoms with Gasteiger partial charge in [-0.3, -0.25) is 0 Å². The Bertz CT molecular complexity index is 399. The summed E-state index contributed by atoms with van der Waals surface area (Å²) in [5.41, 5.74) is 2.88. The summed E-state index contributed by atoms with van der Waals surface area (Å²) in [5, 5.41) is 6.80. The van der Waals surface area contributed by atoms with Crippen molar-refractivity contribution in [3.8, 4) is 5.75 Å². The van der Waals surface area contributed by atoms with Gasteiger partial charge in [0.05, 0.1) is 6.61 Å². The lowest BCUT2D eigenvalue weighted by atomic mass is 9.99. The van der Waals surface area contributed by atoms with E-state index in [1.165, 1.54) is 24.0 Å². The second kappa shape index (κ2) is 5.72. The molecule has 1 fully saturated rings. The third-order valence-electron chi connectivity index (χ3n) is 4.01. The van der Waals surface area contributed by atoms with E-state index in [2.05, 4.69) is 28.8 Å². The number of fused-ring (bicyclic) bond motifs is 1. The van der Waals surface area contributed by atoms with Gasteiger partial charge in [0, 0.05) is 6.54 Å². The van der Waals surface area contributed by atoms with Crippen LogP contribution in [-0.4, -0.2) is 26.2 Å². The predicted octanol–water partition coefficient (Wildman–Crippen LogP) is 1.71. The van der Waals surface area contributed by atoms with Crippen LogP contribution < -0.4 is 15.4 Å². The van der Waals surface area contributed by atoms with Crippen molar-refractivity contribution in [2.45, 2.75) is 25.8 Å². The highest BCUT2D eigenvalue weighted by Crippen LogP contribution is 2.22. The number of ether oxygens (including phenoxy) is 1. The first-order chi connectivity index (χ1) is 8.92. The lowest BCUT2D eigenvalue weighted by Crippen LogP contribution is -2.30. The molecule has 0 aliphatic carbocycles. The van der Waals surface area contributed by atoms with Gasteiger partial charge < -0.3 is 15.4 Å². The van der Waals surface area contributed by atoms with Crippen molar-refractivity contribution in [2.75, 3.05) is 26.2 Å². The summed E-state index contributed by atoms with van der Waals surface area (Å²) in [4.78, 5) is 0. The SMILES string of the molecule is c1cc2c(cc1OCC1CCNCC1)CNCC2. The highest BCUT2D eigenvalue weighted by Gasteiger charge is 2.14. The molecule has 1 aromatic rings. The Morgan fingerprint density at radius 2 is 1.94 bits per heavy atom. The van der Waals surface area contributed by atoms with Crippen LogP contribution in [0.4, 0.5) is 0 Å². The van der Waals surface area contributed by atoms with Crippen molar-refractivity contribution in [2.24, 2.45) is 5.92 Å². The average Bonchev–Trinajstić information content (AvgIpc) is 2.46. The fourth-order valence-corrected chi connectivity index (χ4v) is 2.81. The fourth-order valence-electron chi connectivity index (χ4n) is 2.81. The molecule has 3 nitrogen and oxygen atoms in total. The maximum atomic E-state index is 5.96. The molecule has 0 spiro atoms. The van der Waals surface area contributed by atoms with Crippen LogP contribution in [-0.2, 0) is 13.0 Å². The molecule has 0 aromatic heterocycles. The van der Waals surface area contributed by atoms with Crippen LogP contribution in [0.1, 0.15) is 24.0 Å². The highest BCUT2D eigenvalue weighted by atomic mass is 16.5. The molecule has 3 heteroatoms. The van der Waals surface area contributed by atoms with Crippen molar-refractivity contribution < 1.29 is 4.74 Å². The van der Waals surface area contributed by atoms with Crippen LogP contribution in [0.5, 0.6) is 5.75 Å². The zero-order chi connectivity index (χ0) is 12.2. The first-order valence-corrected chi connectivity index (χ1v) is 7.08. The monoisotopic (exact) mass is 246 g/mol. The molecule has 0 atom stereocenters. The van der Waals surface area contributed by atoms with E-state index in [1.807, 2.05) is 0 Å². The maximum Gasteiger partial charge on any atom is 0.119 e. The Morgan fingerprint density at radius 1 is 1.06 bits per heavy atom. The summed E-state index contributed by atoms with van der Waals surface area (Å²) >= 11 is 0. The largest absolute Gasteiger partial charge is 0.493 e. The van der Waals surface area contributed by atoms with Gasteiger partial charge in [0.15, 0.2) is 0 Å². The van der Waals surface area contributed by atoms with Crippen molar-refractivity contribution >= 4 is 0 Å². The Labute approximate surface area is 109 Å². The second-order valence-electron chi connectivity index (χ2n) is 5.36. The van der Waals surface area contributed by atoms with Crippen LogP contribution in [0, 0.1) is 5.92 Å². The summed E-state index contributed by atoms with van der Waals surface area (Å²) in [5.74, 6) is 1.76. The third-order valence-corrected chi connectivity index (χ3v) is 4.01. The van der Waals surface area contributed by atoms with E-state index in [4.69, 9.17) is 4.74 Å². The lowest BCUT2D eigenvalue weighted by Gasteiger charge is -2.23. The zero-order valence-electron chi connectivity index (χ0n) is 10.9. The quantitative estimate of drug-likeness (QED) is 0.852. The van der Waals surface area contributed by atoms with Crippen molar-refractivity contribution in [3.63, 3.8) is 0 Å². The van der Waals surface area contributed by atoms with Gasteiger partial charge in [0.2, 0.25) is 0 Å². The Morgan fingerprint density at radius 3 is 2.83 bits per heavy atom. The van der Waals surface area contributed by atoms with Crippen LogP contribution >= 0.6 is 0 Å². The van der Waals surface area contributed by atoms with Gasteiger partial charge in [-0.15, -0.1) is 0 Å². The van der Waals surface area contributed by atoms with Gasteiger partial charge >= 0.3 is 0 Å². The number of hydrogen-bond donors (Lipinski definition) is 2. The molecule has 1 aromatic carbocycles. The molecular weight excluding hydrogens is 224 g/mol. The van der Waals surface area contributed by atoms with E-state index >= 15 is 0 Å². The Kier molecular flexibility index (Phi) is 3.81. The third kappa shape index (κ3) is 2.85. The average molecular weight is 246 g/mol. The summed E-state index contributed by atoms with van der Waals surface area (Å²) in [6, 6.07) is 6.57. The van der Waals surface area contributed by atoms with Crippen molar-refractivity contribution in [3.05, 3.63) is 29.3 Å². The van der Waals surface area contributed by atoms with E-state index in [-0.39, 0.29) is 0 Å². The topological polar surface area (TPSA) is 33.3 Å². The van der Waals surface area contributed by atoms with Gasteiger partial charge in [-0.2, -0.15) is 0 Å². The second-order valence-corrected chi connectivity index (χ2v) is 5.36. The summed E-state index contributed by atoms with van der Waals surface area (Å²) < 4.78 is 5.96. The van der Waals surface area contributed by atoms with Gasteiger partial charge in [0.1, 0.15) is 5.75 Å². The normalized spacial score (nSPS) is 20.4. The molecule has 0 unspecified atom stereocenters. The molecular formula is C15H22N2O. The number of piperidine rings is 1. The van der Waals surface area contributed by atoms with Crippen molar-refractivity contribution in [1.82, 2.24) is 10.6 Å². The Balaban J connectivity index is 1.58. The standard InChI is InChI=1S/C15H22N2O/c1-2-15(9-14-10-17-8-5-13(1)14)18-11-12-3-6-16-7-4-12/h1-2,9,12,16-17H,3-8,10-11H2. The van der Waals surface area contributed by atoms with E-state index in [0.29, 0.717) is 0 Å². The molecule has 1 saturated heterocycles. The zero-order valence-corrected chi connectivity index (χ0v) is 10.9. The van der Waals surface area contributed by atoms with Gasteiger partial charge in [-0.1, -0.05) is 6.07 Å². The molecule has 2 aliphatic heterocycles. The first-order valence-electron chi connectivity index (χ1n) is 7.08. The molecule has 0 saturated carbocycles. The summed E-state index contributed by atoms with van der Waals surface area (Å²) in [6.07, 6.45) is 3.63. The molecule has 98 valence electrons. The minimum absolute atomic E-state index is 0.723. The Hall–Kier alpha value is -1.06. The first kappa shape index (κ1) is 12.0. The maximum absolute atomic E-state index is 5.96. The van der Waals surface area contributed by atoms with Gasteiger partial charge in [-0.05, 0) is 68.1 Å². The predicted molar refractivity (Wildman–Crippen MR) is 72.9 cm³/mol. The molecule has 2 N–H and O–H groups in total. The van der Waals surface area contributed by atoms with Gasteiger partial charge in [-0.25, -0.2) is 0 Å². The molecule has 0 bridgehead atoms. The van der Waals surface area contributed by atoms with E-state index < -0.39 is 0 Å². The van der Waals surface area contributed by atoms with Crippen LogP contribution in [0.2, 0.25) is 0 Å². The lowest BCUT2D eigenvalue weighted by molar-refractivity contribution is 0.215. The summed E-state index contributed by atoms with van der Waals surface area (Å²) in [6.45, 7) is 5.24. The number of hydrogen-bond acceptors (Lipinski definition) is 3. The molecule has 0 amide bonds. The number of rotatable bonds is 3. The van der Waals surface area contributed by atoms with Crippen LogP contribution in [0.15, 0.2) is 18.2 Å². The minimum Gasteiger partial charge on any atom is -0.493 e. The number of benzene rings is 1. The highest BCUT2D eigenvalue weighted by molar-refractivity contribution is 5.37. The van der Waals surface area contributed by atoms with E-state index in [0.717, 1.165) is 50.9 Å². The molecule has 18 heavy (non-hydrogen) atoms. The smallest absolute Gasteiger partial charge is 0.119 e. The van der Waals surface area contributed by atoms with E-state index in [1.54, 1.807) is 0 Å². The minimum atomic E-state index is 0.723. The molecule has 2 aliphatic rings. The molecule has 0 radical (unpaired) electrons. The van der Waals surface area contributed by atoms with Crippen molar-refractivity contribution in [1.29, 1.82) is 0 Å². The molecule has 3 rings (SSSR count). The van der Waals surface area contributed by atoms with E-state index in [9.17, 15) is 0 Å². The van der Waals surface area contributed by atoms with Crippen LogP contribution in [0.25, 0.3) is 0 Å². The molecule has 2 heterocycles. The fraction of sp³-hybridized carbons (Fsp3) is 0.600. The summed E-state index contributed by atoms with van der Waals surface area (Å²) in [7, 11) is 0. The number of nitrogens with one attached hydrogen (secondary N) is 2. The van der Waals surface area contributed by atoms with Gasteiger partial charge in [0.25, 0.3) is 0 Å².